The number of halogens is 4. The molecule has 13 heteroatoms. The van der Waals surface area contributed by atoms with E-state index in [0.717, 1.165) is 41.9 Å². The van der Waals surface area contributed by atoms with Gasteiger partial charge in [-0.1, -0.05) is 0 Å². The molecule has 3 aromatic rings. The molecule has 0 bridgehead atoms. The van der Waals surface area contributed by atoms with Crippen molar-refractivity contribution in [3.8, 4) is 5.69 Å². The number of nitrogens with two attached hydrogens (primary N) is 2. The summed E-state index contributed by atoms with van der Waals surface area (Å²) in [5.41, 5.74) is 4.14. The second-order valence-electron chi connectivity index (χ2n) is 8.88. The van der Waals surface area contributed by atoms with Crippen molar-refractivity contribution in [1.29, 1.82) is 0 Å². The van der Waals surface area contributed by atoms with Gasteiger partial charge < -0.3 is 16.6 Å². The predicted octanol–water partition coefficient (Wildman–Crippen LogP) is 2.92. The second-order valence-corrected chi connectivity index (χ2v) is 8.88. The first-order valence-corrected chi connectivity index (χ1v) is 11.3. The second kappa shape index (κ2) is 10.2. The molecule has 0 atom stereocenters. The summed E-state index contributed by atoms with van der Waals surface area (Å²) < 4.78 is 54.1. The summed E-state index contributed by atoms with van der Waals surface area (Å²) in [5.74, 6) is 10.1. The van der Waals surface area contributed by atoms with E-state index >= 15 is 0 Å². The molecule has 0 unspecified atom stereocenters. The third kappa shape index (κ3) is 5.42. The van der Waals surface area contributed by atoms with E-state index in [2.05, 4.69) is 25.7 Å². The van der Waals surface area contributed by atoms with Crippen LogP contribution in [-0.4, -0.2) is 33.4 Å². The van der Waals surface area contributed by atoms with Gasteiger partial charge in [0, 0.05) is 43.6 Å². The van der Waals surface area contributed by atoms with Gasteiger partial charge in [-0.25, -0.2) is 15.2 Å². The van der Waals surface area contributed by atoms with E-state index in [1.54, 1.807) is 0 Å². The number of hydrogen-bond acceptors (Lipinski definition) is 7. The summed E-state index contributed by atoms with van der Waals surface area (Å²) in [5, 5.41) is 6.16. The minimum absolute atomic E-state index is 0.144. The van der Waals surface area contributed by atoms with Crippen molar-refractivity contribution in [2.75, 3.05) is 18.4 Å². The summed E-state index contributed by atoms with van der Waals surface area (Å²) in [4.78, 5) is 19.3. The molecule has 0 radical (unpaired) electrons. The van der Waals surface area contributed by atoms with Gasteiger partial charge in [0.2, 0.25) is 0 Å². The Hall–Kier alpha value is -3.97. The molecule has 2 aromatic carbocycles. The molecule has 9 nitrogen and oxygen atoms in total. The van der Waals surface area contributed by atoms with Crippen LogP contribution in [0.25, 0.3) is 5.69 Å². The fourth-order valence-corrected chi connectivity index (χ4v) is 4.34. The Bertz CT molecular complexity index is 1370. The Morgan fingerprint density at radius 2 is 1.86 bits per heavy atom. The highest BCUT2D eigenvalue weighted by atomic mass is 19.4. The van der Waals surface area contributed by atoms with Crippen molar-refractivity contribution in [3.05, 3.63) is 81.2 Å². The molecule has 0 aliphatic carbocycles. The average Bonchev–Trinajstić information content (AvgIpc) is 2.81. The molecule has 1 aliphatic heterocycles. The number of alkyl halides is 3. The molecular weight excluding hydrogens is 492 g/mol. The molecule has 1 aliphatic rings. The average molecular weight is 519 g/mol. The van der Waals surface area contributed by atoms with Gasteiger partial charge in [-0.2, -0.15) is 18.3 Å². The molecule has 1 saturated heterocycles. The normalized spacial score (nSPS) is 14.9. The summed E-state index contributed by atoms with van der Waals surface area (Å²) >= 11 is 0. The van der Waals surface area contributed by atoms with E-state index in [9.17, 15) is 22.4 Å². The Kier molecular flexibility index (Phi) is 7.18. The molecule has 6 N–H and O–H groups in total. The van der Waals surface area contributed by atoms with Crippen molar-refractivity contribution < 1.29 is 17.6 Å². The Balaban J connectivity index is 1.55. The highest BCUT2D eigenvalue weighted by molar-refractivity contribution is 5.85. The number of aryl methyl sites for hydroxylation is 2. The third-order valence-corrected chi connectivity index (χ3v) is 6.36. The molecule has 1 aromatic heterocycles. The summed E-state index contributed by atoms with van der Waals surface area (Å²) in [7, 11) is 0. The van der Waals surface area contributed by atoms with Crippen molar-refractivity contribution in [3.63, 3.8) is 0 Å². The number of likely N-dealkylation sites (tertiary alicyclic amines) is 1. The minimum Gasteiger partial charge on any atom is -0.333 e. The van der Waals surface area contributed by atoms with Crippen LogP contribution in [0.3, 0.4) is 0 Å². The quantitative estimate of drug-likeness (QED) is 0.130. The maximum absolute atomic E-state index is 14.3. The number of nitrogens with one attached hydrogen (secondary N) is 2. The first-order valence-electron chi connectivity index (χ1n) is 11.3. The van der Waals surface area contributed by atoms with Crippen LogP contribution in [0.2, 0.25) is 0 Å². The SMILES string of the molecule is Cc1cc(-n2ccnc(Nc3ccc(C(F)(F)F)cc3F)c2=O)cc(C)c1CN1CC(/C(=N/N)NN)C1. The number of hydrogen-bond donors (Lipinski definition) is 4. The zero-order valence-electron chi connectivity index (χ0n) is 20.1. The number of nitrogens with zero attached hydrogens (tertiary/aromatic N) is 4. The number of rotatable bonds is 6. The number of benzene rings is 2. The standard InChI is InChI=1S/C24H26F4N8O/c1-13-7-17(8-14(2)18(13)12-35-10-15(11-35)21(33-29)34-30)36-6-5-31-22(23(36)37)32-20-4-3-16(9-19(20)25)24(26,27)28/h3-9,15H,10-12,29-30H2,1-2H3,(H,31,32)(H,33,34). The van der Waals surface area contributed by atoms with E-state index in [4.69, 9.17) is 11.7 Å². The molecule has 37 heavy (non-hydrogen) atoms. The Morgan fingerprint density at radius 1 is 1.19 bits per heavy atom. The molecule has 4 rings (SSSR count). The van der Waals surface area contributed by atoms with Crippen LogP contribution in [0.4, 0.5) is 29.1 Å². The van der Waals surface area contributed by atoms with Gasteiger partial charge in [0.25, 0.3) is 5.56 Å². The number of amidine groups is 1. The highest BCUT2D eigenvalue weighted by Crippen LogP contribution is 2.32. The van der Waals surface area contributed by atoms with Crippen LogP contribution in [0, 0.1) is 25.6 Å². The number of hydrazine groups is 1. The van der Waals surface area contributed by atoms with Gasteiger partial charge in [0.1, 0.15) is 11.7 Å². The van der Waals surface area contributed by atoms with Gasteiger partial charge in [0.05, 0.1) is 11.3 Å². The van der Waals surface area contributed by atoms with E-state index in [1.165, 1.54) is 17.0 Å². The van der Waals surface area contributed by atoms with E-state index in [-0.39, 0.29) is 17.4 Å². The van der Waals surface area contributed by atoms with Crippen molar-refractivity contribution in [1.82, 2.24) is 19.9 Å². The van der Waals surface area contributed by atoms with Gasteiger partial charge in [0.15, 0.2) is 5.82 Å². The van der Waals surface area contributed by atoms with Crippen LogP contribution in [0.15, 0.2) is 52.6 Å². The lowest BCUT2D eigenvalue weighted by molar-refractivity contribution is -0.137. The van der Waals surface area contributed by atoms with Gasteiger partial charge >= 0.3 is 6.18 Å². The van der Waals surface area contributed by atoms with Crippen LogP contribution in [0.5, 0.6) is 0 Å². The first-order chi connectivity index (χ1) is 17.5. The smallest absolute Gasteiger partial charge is 0.333 e. The van der Waals surface area contributed by atoms with Crippen LogP contribution >= 0.6 is 0 Å². The summed E-state index contributed by atoms with van der Waals surface area (Å²) in [6.45, 7) is 6.09. The fourth-order valence-electron chi connectivity index (χ4n) is 4.34. The topological polar surface area (TPSA) is 127 Å². The number of anilines is 2. The van der Waals surface area contributed by atoms with E-state index in [1.807, 2.05) is 26.0 Å². The van der Waals surface area contributed by atoms with Crippen molar-refractivity contribution >= 4 is 17.3 Å². The minimum atomic E-state index is -4.68. The Labute approximate surface area is 209 Å². The maximum Gasteiger partial charge on any atom is 0.416 e. The zero-order chi connectivity index (χ0) is 26.9. The molecule has 196 valence electrons. The van der Waals surface area contributed by atoms with Crippen LogP contribution < -0.4 is 28.0 Å². The fraction of sp³-hybridized carbons (Fsp3) is 0.292. The predicted molar refractivity (Wildman–Crippen MR) is 132 cm³/mol. The molecule has 0 spiro atoms. The molecule has 0 amide bonds. The third-order valence-electron chi connectivity index (χ3n) is 6.36. The largest absolute Gasteiger partial charge is 0.416 e. The lowest BCUT2D eigenvalue weighted by Crippen LogP contribution is -2.54. The monoisotopic (exact) mass is 518 g/mol. The van der Waals surface area contributed by atoms with Crippen molar-refractivity contribution in [2.24, 2.45) is 22.7 Å². The molecule has 1 fully saturated rings. The van der Waals surface area contributed by atoms with Gasteiger partial charge in [-0.05, 0) is 60.9 Å². The van der Waals surface area contributed by atoms with Crippen LogP contribution in [0.1, 0.15) is 22.3 Å². The molecule has 0 saturated carbocycles. The van der Waals surface area contributed by atoms with E-state index in [0.29, 0.717) is 24.1 Å². The van der Waals surface area contributed by atoms with Gasteiger partial charge in [-0.15, -0.1) is 0 Å². The Morgan fingerprint density at radius 3 is 2.43 bits per heavy atom. The lowest BCUT2D eigenvalue weighted by atomic mass is 9.95. The molecule has 2 heterocycles. The van der Waals surface area contributed by atoms with Crippen LogP contribution in [-0.2, 0) is 12.7 Å². The van der Waals surface area contributed by atoms with Gasteiger partial charge in [-0.3, -0.25) is 14.3 Å². The number of aromatic nitrogens is 2. The van der Waals surface area contributed by atoms with E-state index < -0.39 is 23.1 Å². The summed E-state index contributed by atoms with van der Waals surface area (Å²) in [6.07, 6.45) is -1.86. The first kappa shape index (κ1) is 26.1. The van der Waals surface area contributed by atoms with Crippen molar-refractivity contribution in [2.45, 2.75) is 26.6 Å². The summed E-state index contributed by atoms with van der Waals surface area (Å²) in [6, 6.07) is 5.74. The highest BCUT2D eigenvalue weighted by Gasteiger charge is 2.32. The zero-order valence-corrected chi connectivity index (χ0v) is 20.1. The maximum atomic E-state index is 14.3. The number of hydrazone groups is 1. The lowest BCUT2D eigenvalue weighted by Gasteiger charge is -2.39. The molecular formula is C24H26F4N8O.